The van der Waals surface area contributed by atoms with Crippen LogP contribution in [0.1, 0.15) is 32.8 Å². The number of hydrogen-bond donors (Lipinski definition) is 3. The predicted octanol–water partition coefficient (Wildman–Crippen LogP) is 1.15. The Kier molecular flexibility index (Phi) is 5.75. The summed E-state index contributed by atoms with van der Waals surface area (Å²) < 4.78 is 1.71. The van der Waals surface area contributed by atoms with Crippen molar-refractivity contribution in [3.8, 4) is 0 Å². The first-order chi connectivity index (χ1) is 9.68. The molecule has 0 saturated heterocycles. The number of hydrogen-bond acceptors (Lipinski definition) is 3. The van der Waals surface area contributed by atoms with E-state index < -0.39 is 12.0 Å². The number of carboxylic acids is 1. The van der Waals surface area contributed by atoms with Crippen LogP contribution in [0.25, 0.3) is 0 Å². The standard InChI is InChI=1S/C14H24N4O3/c1-14(2,3)11(7-12(19)20)17-13(21)15-6-5-10-8-16-18(4)9-10/h8-9,11H,5-7H2,1-4H3,(H,19,20)(H2,15,17,21). The molecule has 1 atom stereocenters. The molecule has 7 heteroatoms. The van der Waals surface area contributed by atoms with Crippen LogP contribution in [0.5, 0.6) is 0 Å². The van der Waals surface area contributed by atoms with Gasteiger partial charge in [-0.3, -0.25) is 9.48 Å². The van der Waals surface area contributed by atoms with Crippen molar-refractivity contribution in [2.75, 3.05) is 6.54 Å². The number of aromatic nitrogens is 2. The van der Waals surface area contributed by atoms with Crippen LogP contribution < -0.4 is 10.6 Å². The first-order valence-electron chi connectivity index (χ1n) is 6.92. The minimum absolute atomic E-state index is 0.0977. The number of aliphatic carboxylic acids is 1. The van der Waals surface area contributed by atoms with E-state index in [9.17, 15) is 9.59 Å². The molecule has 0 aliphatic carbocycles. The van der Waals surface area contributed by atoms with Gasteiger partial charge in [-0.05, 0) is 17.4 Å². The van der Waals surface area contributed by atoms with E-state index in [1.807, 2.05) is 34.0 Å². The first-order valence-corrected chi connectivity index (χ1v) is 6.92. The van der Waals surface area contributed by atoms with Gasteiger partial charge in [0.15, 0.2) is 0 Å². The fourth-order valence-electron chi connectivity index (χ4n) is 1.88. The summed E-state index contributed by atoms with van der Waals surface area (Å²) in [5, 5.41) is 18.4. The molecule has 0 aliphatic heterocycles. The highest BCUT2D eigenvalue weighted by Gasteiger charge is 2.28. The van der Waals surface area contributed by atoms with Crippen molar-refractivity contribution in [2.24, 2.45) is 12.5 Å². The van der Waals surface area contributed by atoms with Gasteiger partial charge in [0.1, 0.15) is 0 Å². The van der Waals surface area contributed by atoms with E-state index in [2.05, 4.69) is 15.7 Å². The molecule has 0 bridgehead atoms. The van der Waals surface area contributed by atoms with Gasteiger partial charge in [0.2, 0.25) is 0 Å². The lowest BCUT2D eigenvalue weighted by molar-refractivity contribution is -0.138. The molecule has 118 valence electrons. The van der Waals surface area contributed by atoms with Crippen LogP contribution in [0.4, 0.5) is 4.79 Å². The zero-order chi connectivity index (χ0) is 16.0. The molecule has 1 aromatic heterocycles. The van der Waals surface area contributed by atoms with Gasteiger partial charge >= 0.3 is 12.0 Å². The highest BCUT2D eigenvalue weighted by atomic mass is 16.4. The van der Waals surface area contributed by atoms with Gasteiger partial charge in [0.25, 0.3) is 0 Å². The molecule has 1 rings (SSSR count). The lowest BCUT2D eigenvalue weighted by atomic mass is 9.85. The molecule has 0 saturated carbocycles. The number of carboxylic acid groups (broad SMARTS) is 1. The zero-order valence-corrected chi connectivity index (χ0v) is 13.0. The third kappa shape index (κ3) is 6.29. The highest BCUT2D eigenvalue weighted by Crippen LogP contribution is 2.21. The number of nitrogens with zero attached hydrogens (tertiary/aromatic N) is 2. The molecular formula is C14H24N4O3. The molecule has 7 nitrogen and oxygen atoms in total. The molecule has 21 heavy (non-hydrogen) atoms. The van der Waals surface area contributed by atoms with Crippen molar-refractivity contribution in [1.82, 2.24) is 20.4 Å². The Balaban J connectivity index is 2.41. The maximum absolute atomic E-state index is 11.8. The normalized spacial score (nSPS) is 12.8. The van der Waals surface area contributed by atoms with E-state index in [1.165, 1.54) is 0 Å². The third-order valence-electron chi connectivity index (χ3n) is 3.19. The van der Waals surface area contributed by atoms with E-state index in [0.717, 1.165) is 5.56 Å². The third-order valence-corrected chi connectivity index (χ3v) is 3.19. The molecule has 0 aliphatic rings. The van der Waals surface area contributed by atoms with Gasteiger partial charge in [-0.2, -0.15) is 5.10 Å². The summed E-state index contributed by atoms with van der Waals surface area (Å²) in [4.78, 5) is 22.7. The second-order valence-electron chi connectivity index (χ2n) is 6.19. The number of rotatable bonds is 6. The molecule has 0 aromatic carbocycles. The highest BCUT2D eigenvalue weighted by molar-refractivity contribution is 5.75. The first kappa shape index (κ1) is 17.0. The monoisotopic (exact) mass is 296 g/mol. The van der Waals surface area contributed by atoms with Gasteiger partial charge in [-0.25, -0.2) is 4.79 Å². The van der Waals surface area contributed by atoms with Crippen molar-refractivity contribution >= 4 is 12.0 Å². The van der Waals surface area contributed by atoms with Crippen molar-refractivity contribution in [2.45, 2.75) is 39.7 Å². The van der Waals surface area contributed by atoms with Gasteiger partial charge in [0.05, 0.1) is 12.6 Å². The number of carbonyl (C=O) groups is 2. The van der Waals surface area contributed by atoms with Crippen LogP contribution in [-0.2, 0) is 18.3 Å². The quantitative estimate of drug-likeness (QED) is 0.733. The number of urea groups is 1. The van der Waals surface area contributed by atoms with E-state index in [0.29, 0.717) is 13.0 Å². The number of amides is 2. The summed E-state index contributed by atoms with van der Waals surface area (Å²) in [5.41, 5.74) is 0.717. The fourth-order valence-corrected chi connectivity index (χ4v) is 1.88. The van der Waals surface area contributed by atoms with Crippen molar-refractivity contribution in [3.05, 3.63) is 18.0 Å². The second kappa shape index (κ2) is 7.10. The smallest absolute Gasteiger partial charge is 0.315 e. The molecule has 0 radical (unpaired) electrons. The van der Waals surface area contributed by atoms with Gasteiger partial charge in [0, 0.05) is 25.8 Å². The number of carbonyl (C=O) groups excluding carboxylic acids is 1. The van der Waals surface area contributed by atoms with Gasteiger partial charge in [-0.1, -0.05) is 20.8 Å². The summed E-state index contributed by atoms with van der Waals surface area (Å²) in [6, 6.07) is -0.770. The summed E-state index contributed by atoms with van der Waals surface area (Å²) in [5.74, 6) is -0.925. The Morgan fingerprint density at radius 3 is 2.57 bits per heavy atom. The zero-order valence-electron chi connectivity index (χ0n) is 13.0. The minimum atomic E-state index is -0.925. The van der Waals surface area contributed by atoms with Crippen LogP contribution >= 0.6 is 0 Å². The molecule has 1 heterocycles. The van der Waals surface area contributed by atoms with Crippen molar-refractivity contribution < 1.29 is 14.7 Å². The SMILES string of the molecule is Cn1cc(CCNC(=O)NC(CC(=O)O)C(C)(C)C)cn1. The van der Waals surface area contributed by atoms with E-state index in [-0.39, 0.29) is 17.9 Å². The van der Waals surface area contributed by atoms with Crippen LogP contribution in [0.15, 0.2) is 12.4 Å². The Hall–Kier alpha value is -2.05. The van der Waals surface area contributed by atoms with E-state index in [4.69, 9.17) is 5.11 Å². The molecule has 0 spiro atoms. The van der Waals surface area contributed by atoms with Crippen LogP contribution in [0.2, 0.25) is 0 Å². The minimum Gasteiger partial charge on any atom is -0.481 e. The van der Waals surface area contributed by atoms with Crippen molar-refractivity contribution in [3.63, 3.8) is 0 Å². The number of aryl methyl sites for hydroxylation is 1. The summed E-state index contributed by atoms with van der Waals surface area (Å²) >= 11 is 0. The van der Waals surface area contributed by atoms with Crippen LogP contribution in [0.3, 0.4) is 0 Å². The second-order valence-corrected chi connectivity index (χ2v) is 6.19. The molecule has 0 fully saturated rings. The Labute approximate surface area is 124 Å². The number of nitrogens with one attached hydrogen (secondary N) is 2. The maximum Gasteiger partial charge on any atom is 0.315 e. The Morgan fingerprint density at radius 2 is 2.10 bits per heavy atom. The molecule has 1 aromatic rings. The fraction of sp³-hybridized carbons (Fsp3) is 0.643. The Bertz CT molecular complexity index is 491. The van der Waals surface area contributed by atoms with Gasteiger partial charge < -0.3 is 15.7 Å². The van der Waals surface area contributed by atoms with E-state index >= 15 is 0 Å². The molecule has 2 amide bonds. The molecule has 3 N–H and O–H groups in total. The summed E-state index contributed by atoms with van der Waals surface area (Å²) in [6.45, 7) is 6.17. The maximum atomic E-state index is 11.8. The van der Waals surface area contributed by atoms with E-state index in [1.54, 1.807) is 10.9 Å². The van der Waals surface area contributed by atoms with Gasteiger partial charge in [-0.15, -0.1) is 0 Å². The van der Waals surface area contributed by atoms with Crippen molar-refractivity contribution in [1.29, 1.82) is 0 Å². The topological polar surface area (TPSA) is 96.2 Å². The Morgan fingerprint density at radius 1 is 1.43 bits per heavy atom. The average Bonchev–Trinajstić information content (AvgIpc) is 2.72. The summed E-state index contributed by atoms with van der Waals surface area (Å²) in [6.07, 6.45) is 4.23. The molecule has 1 unspecified atom stereocenters. The predicted molar refractivity (Wildman–Crippen MR) is 78.9 cm³/mol. The van der Waals surface area contributed by atoms with Crippen LogP contribution in [0, 0.1) is 5.41 Å². The van der Waals surface area contributed by atoms with Crippen LogP contribution in [-0.4, -0.2) is 39.5 Å². The lowest BCUT2D eigenvalue weighted by Crippen LogP contribution is -2.49. The average molecular weight is 296 g/mol. The largest absolute Gasteiger partial charge is 0.481 e. The molecular weight excluding hydrogens is 272 g/mol. The summed E-state index contributed by atoms with van der Waals surface area (Å²) in [7, 11) is 1.84. The lowest BCUT2D eigenvalue weighted by Gasteiger charge is -2.30.